The Balaban J connectivity index is 2.44. The average molecular weight is 111 g/mol. The Hall–Kier alpha value is -0.0151. The Morgan fingerprint density at radius 3 is 2.50 bits per heavy atom. The van der Waals surface area contributed by atoms with E-state index in [0.717, 1.165) is 6.54 Å². The minimum Gasteiger partial charge on any atom is -0.392 e. The molecule has 44 valence electrons. The van der Waals surface area contributed by atoms with Gasteiger partial charge in [-0.1, -0.05) is 0 Å². The molecule has 0 saturated carbocycles. The zero-order valence-corrected chi connectivity index (χ0v) is 4.96. The second kappa shape index (κ2) is 2.07. The molecule has 0 bridgehead atoms. The quantitative estimate of drug-likeness (QED) is 0.405. The highest BCUT2D eigenvalue weighted by Gasteiger charge is 2.26. The first-order chi connectivity index (χ1) is 3.72. The van der Waals surface area contributed by atoms with Crippen LogP contribution in [-0.4, -0.2) is 31.6 Å². The first-order valence-electron chi connectivity index (χ1n) is 2.89. The van der Waals surface area contributed by atoms with Crippen molar-refractivity contribution in [2.24, 2.45) is 0 Å². The highest BCUT2D eigenvalue weighted by molar-refractivity contribution is 6.12. The third kappa shape index (κ3) is 0.882. The molecule has 8 heavy (non-hydrogen) atoms. The maximum Gasteiger partial charge on any atom is 0.0752 e. The molecule has 2 unspecified atom stereocenters. The molecular weight excluding hydrogens is 101 g/mol. The van der Waals surface area contributed by atoms with Crippen LogP contribution in [0.25, 0.3) is 0 Å². The summed E-state index contributed by atoms with van der Waals surface area (Å²) in [5.74, 6) is -0.0648. The first kappa shape index (κ1) is 6.11. The molecule has 0 amide bonds. The average Bonchev–Trinajstić information content (AvgIpc) is 1.98. The molecule has 1 aliphatic heterocycles. The van der Waals surface area contributed by atoms with Crippen molar-refractivity contribution in [1.29, 1.82) is 0 Å². The van der Waals surface area contributed by atoms with E-state index in [4.69, 9.17) is 13.0 Å². The van der Waals surface area contributed by atoms with Crippen LogP contribution < -0.4 is 5.32 Å². The Morgan fingerprint density at radius 2 is 2.38 bits per heavy atom. The molecule has 0 aromatic heterocycles. The van der Waals surface area contributed by atoms with Crippen LogP contribution in [0.4, 0.5) is 0 Å². The summed E-state index contributed by atoms with van der Waals surface area (Å²) in [7, 11) is 5.46. The van der Waals surface area contributed by atoms with E-state index in [1.54, 1.807) is 0 Å². The van der Waals surface area contributed by atoms with E-state index >= 15 is 0 Å². The smallest absolute Gasteiger partial charge is 0.0752 e. The van der Waals surface area contributed by atoms with Crippen molar-refractivity contribution in [3.05, 3.63) is 0 Å². The van der Waals surface area contributed by atoms with Gasteiger partial charge in [-0.3, -0.25) is 0 Å². The number of rotatable bonds is 0. The summed E-state index contributed by atoms with van der Waals surface area (Å²) in [6, 6.07) is 0.171. The molecule has 0 aromatic rings. The summed E-state index contributed by atoms with van der Waals surface area (Å²) in [4.78, 5) is 0. The largest absolute Gasteiger partial charge is 0.392 e. The lowest BCUT2D eigenvalue weighted by Crippen LogP contribution is -2.26. The van der Waals surface area contributed by atoms with E-state index in [-0.39, 0.29) is 18.0 Å². The molecule has 0 spiro atoms. The predicted octanol–water partition coefficient (Wildman–Crippen LogP) is -0.704. The van der Waals surface area contributed by atoms with E-state index in [2.05, 4.69) is 5.32 Å². The Bertz CT molecular complexity index is 78.5. The molecule has 2 N–H and O–H groups in total. The van der Waals surface area contributed by atoms with E-state index < -0.39 is 0 Å². The molecule has 0 aromatic carbocycles. The summed E-state index contributed by atoms with van der Waals surface area (Å²) >= 11 is 0. The lowest BCUT2D eigenvalue weighted by atomic mass is 9.83. The van der Waals surface area contributed by atoms with Crippen LogP contribution in [0.1, 0.15) is 6.92 Å². The predicted molar refractivity (Wildman–Crippen MR) is 33.0 cm³/mol. The number of hydrogen-bond acceptors (Lipinski definition) is 2. The van der Waals surface area contributed by atoms with Gasteiger partial charge < -0.3 is 10.4 Å². The van der Waals surface area contributed by atoms with Gasteiger partial charge in [0.2, 0.25) is 0 Å². The van der Waals surface area contributed by atoms with Crippen LogP contribution in [-0.2, 0) is 0 Å². The molecule has 3 heteroatoms. The number of aliphatic hydroxyl groups excluding tert-OH is 1. The standard InChI is InChI=1S/C5H10BNO/c1-3-5(8)4(6)2-7-3/h3-5,7-8H,2H2,1H3/t3-,4?,5?/m1/s1. The third-order valence-corrected chi connectivity index (χ3v) is 1.63. The second-order valence-corrected chi connectivity index (χ2v) is 2.35. The summed E-state index contributed by atoms with van der Waals surface area (Å²) < 4.78 is 0. The Morgan fingerprint density at radius 1 is 1.75 bits per heavy atom. The number of aliphatic hydroxyl groups is 1. The maximum atomic E-state index is 9.08. The van der Waals surface area contributed by atoms with Crippen LogP contribution >= 0.6 is 0 Å². The van der Waals surface area contributed by atoms with Gasteiger partial charge in [-0.2, -0.15) is 0 Å². The van der Waals surface area contributed by atoms with Gasteiger partial charge >= 0.3 is 0 Å². The Kier molecular flexibility index (Phi) is 1.58. The maximum absolute atomic E-state index is 9.08. The normalized spacial score (nSPS) is 47.5. The molecular formula is C5H10BNO. The zero-order valence-electron chi connectivity index (χ0n) is 4.96. The fourth-order valence-corrected chi connectivity index (χ4v) is 0.934. The van der Waals surface area contributed by atoms with Crippen molar-refractivity contribution >= 4 is 7.85 Å². The molecule has 2 radical (unpaired) electrons. The summed E-state index contributed by atoms with van der Waals surface area (Å²) in [6.07, 6.45) is -0.352. The van der Waals surface area contributed by atoms with Crippen molar-refractivity contribution in [2.75, 3.05) is 6.54 Å². The van der Waals surface area contributed by atoms with E-state index in [0.29, 0.717) is 0 Å². The fraction of sp³-hybridized carbons (Fsp3) is 1.00. The summed E-state index contributed by atoms with van der Waals surface area (Å²) in [5, 5.41) is 12.1. The van der Waals surface area contributed by atoms with Crippen molar-refractivity contribution < 1.29 is 5.11 Å². The highest BCUT2D eigenvalue weighted by atomic mass is 16.3. The first-order valence-corrected chi connectivity index (χ1v) is 2.89. The minimum atomic E-state index is -0.352. The van der Waals surface area contributed by atoms with E-state index in [9.17, 15) is 0 Å². The SMILES string of the molecule is [B]C1CN[C@H](C)C1O. The van der Waals surface area contributed by atoms with Crippen molar-refractivity contribution in [1.82, 2.24) is 5.32 Å². The van der Waals surface area contributed by atoms with E-state index in [1.165, 1.54) is 0 Å². The van der Waals surface area contributed by atoms with Gasteiger partial charge in [0.05, 0.1) is 14.0 Å². The topological polar surface area (TPSA) is 32.3 Å². The highest BCUT2D eigenvalue weighted by Crippen LogP contribution is 2.15. The second-order valence-electron chi connectivity index (χ2n) is 2.35. The summed E-state index contributed by atoms with van der Waals surface area (Å²) in [5.41, 5.74) is 0. The molecule has 1 heterocycles. The number of nitrogens with one attached hydrogen (secondary N) is 1. The van der Waals surface area contributed by atoms with Gasteiger partial charge in [-0.15, -0.1) is 0 Å². The van der Waals surface area contributed by atoms with Gasteiger partial charge in [0.15, 0.2) is 0 Å². The lowest BCUT2D eigenvalue weighted by Gasteiger charge is -2.09. The van der Waals surface area contributed by atoms with Gasteiger partial charge in [0.25, 0.3) is 0 Å². The van der Waals surface area contributed by atoms with Crippen molar-refractivity contribution in [2.45, 2.75) is 24.9 Å². The third-order valence-electron chi connectivity index (χ3n) is 1.63. The number of hydrogen-bond donors (Lipinski definition) is 2. The van der Waals surface area contributed by atoms with Crippen LogP contribution in [0.15, 0.2) is 0 Å². The molecule has 3 atom stereocenters. The van der Waals surface area contributed by atoms with Crippen LogP contribution in [0.3, 0.4) is 0 Å². The molecule has 0 aliphatic carbocycles. The van der Waals surface area contributed by atoms with Crippen molar-refractivity contribution in [3.8, 4) is 0 Å². The lowest BCUT2D eigenvalue weighted by molar-refractivity contribution is 0.166. The zero-order chi connectivity index (χ0) is 6.15. The van der Waals surface area contributed by atoms with Gasteiger partial charge in [0.1, 0.15) is 0 Å². The molecule has 1 saturated heterocycles. The van der Waals surface area contributed by atoms with Gasteiger partial charge in [-0.25, -0.2) is 0 Å². The van der Waals surface area contributed by atoms with Gasteiger partial charge in [0, 0.05) is 6.04 Å². The molecule has 1 rings (SSSR count). The molecule has 1 fully saturated rings. The minimum absolute atomic E-state index is 0.0648. The molecule has 1 aliphatic rings. The van der Waals surface area contributed by atoms with Crippen molar-refractivity contribution in [3.63, 3.8) is 0 Å². The van der Waals surface area contributed by atoms with E-state index in [1.807, 2.05) is 6.92 Å². The van der Waals surface area contributed by atoms with Crippen LogP contribution in [0.2, 0.25) is 5.82 Å². The van der Waals surface area contributed by atoms with Gasteiger partial charge in [-0.05, 0) is 19.3 Å². The van der Waals surface area contributed by atoms with Crippen LogP contribution in [0.5, 0.6) is 0 Å². The monoisotopic (exact) mass is 111 g/mol. The summed E-state index contributed by atoms with van der Waals surface area (Å²) in [6.45, 7) is 2.67. The van der Waals surface area contributed by atoms with Crippen LogP contribution in [0, 0.1) is 0 Å². The fourth-order valence-electron chi connectivity index (χ4n) is 0.934. The molecule has 2 nitrogen and oxygen atoms in total. The Labute approximate surface area is 50.7 Å².